The molecule has 0 radical (unpaired) electrons. The lowest BCUT2D eigenvalue weighted by atomic mass is 10.0. The average Bonchev–Trinajstić information content (AvgIpc) is 2.93. The average molecular weight is 429 g/mol. The maximum atomic E-state index is 13.0. The lowest BCUT2D eigenvalue weighted by Gasteiger charge is -2.30. The summed E-state index contributed by atoms with van der Waals surface area (Å²) < 4.78 is 2.25. The molecule has 0 aliphatic carbocycles. The molecule has 0 spiro atoms. The van der Waals surface area contributed by atoms with Crippen molar-refractivity contribution in [1.82, 2.24) is 19.8 Å². The largest absolute Gasteiger partial charge is 0.351 e. The molecular formula is C24H33ClN4O. The molecule has 162 valence electrons. The van der Waals surface area contributed by atoms with Gasteiger partial charge in [-0.2, -0.15) is 0 Å². The molecule has 1 fully saturated rings. The summed E-state index contributed by atoms with van der Waals surface area (Å²) in [5.41, 5.74) is 2.70. The van der Waals surface area contributed by atoms with Crippen molar-refractivity contribution in [2.75, 3.05) is 26.2 Å². The number of carbonyl (C=O) groups excluding carboxylic acids is 1. The van der Waals surface area contributed by atoms with E-state index in [0.717, 1.165) is 61.8 Å². The van der Waals surface area contributed by atoms with Crippen molar-refractivity contribution < 1.29 is 4.79 Å². The van der Waals surface area contributed by atoms with Gasteiger partial charge in [0.25, 0.3) is 5.91 Å². The zero-order valence-electron chi connectivity index (χ0n) is 18.0. The lowest BCUT2D eigenvalue weighted by Crippen LogP contribution is -2.36. The van der Waals surface area contributed by atoms with E-state index in [-0.39, 0.29) is 5.91 Å². The first-order valence-corrected chi connectivity index (χ1v) is 11.9. The van der Waals surface area contributed by atoms with Crippen molar-refractivity contribution >= 4 is 17.5 Å². The Morgan fingerprint density at radius 3 is 2.80 bits per heavy atom. The fraction of sp³-hybridized carbons (Fsp3) is 0.583. The number of carbonyl (C=O) groups is 1. The first-order valence-electron chi connectivity index (χ1n) is 11.5. The minimum absolute atomic E-state index is 0.0344. The van der Waals surface area contributed by atoms with Crippen LogP contribution in [0.1, 0.15) is 61.6 Å². The van der Waals surface area contributed by atoms with Gasteiger partial charge < -0.3 is 14.8 Å². The molecule has 2 aliphatic heterocycles. The number of halogens is 1. The molecule has 30 heavy (non-hydrogen) atoms. The van der Waals surface area contributed by atoms with Gasteiger partial charge in [-0.15, -0.1) is 0 Å². The first kappa shape index (κ1) is 21.4. The quantitative estimate of drug-likeness (QED) is 0.673. The topological polar surface area (TPSA) is 50.2 Å². The van der Waals surface area contributed by atoms with Gasteiger partial charge in [0, 0.05) is 30.2 Å². The summed E-state index contributed by atoms with van der Waals surface area (Å²) in [5.74, 6) is 1.64. The zero-order valence-corrected chi connectivity index (χ0v) is 18.8. The molecule has 1 N–H and O–H groups in total. The predicted molar refractivity (Wildman–Crippen MR) is 122 cm³/mol. The number of imidazole rings is 1. The van der Waals surface area contributed by atoms with Crippen molar-refractivity contribution in [2.45, 2.75) is 58.4 Å². The SMILES string of the molecule is CC1CCCN(CCCNC(=O)c2nc(-c3ccc(Cl)cc3)n3c2CCCCC3)C1. The van der Waals surface area contributed by atoms with Crippen molar-refractivity contribution in [3.8, 4) is 11.4 Å². The molecule has 1 atom stereocenters. The molecule has 1 aromatic carbocycles. The summed E-state index contributed by atoms with van der Waals surface area (Å²) in [4.78, 5) is 20.3. The number of hydrogen-bond donors (Lipinski definition) is 1. The highest BCUT2D eigenvalue weighted by Crippen LogP contribution is 2.28. The smallest absolute Gasteiger partial charge is 0.271 e. The molecule has 5 nitrogen and oxygen atoms in total. The number of likely N-dealkylation sites (tertiary alicyclic amines) is 1. The molecule has 0 saturated carbocycles. The van der Waals surface area contributed by atoms with E-state index in [0.29, 0.717) is 17.3 Å². The van der Waals surface area contributed by atoms with Gasteiger partial charge in [-0.05, 0) is 81.8 Å². The Hall–Kier alpha value is -1.85. The van der Waals surface area contributed by atoms with Gasteiger partial charge in [0.1, 0.15) is 11.5 Å². The van der Waals surface area contributed by atoms with E-state index in [2.05, 4.69) is 21.7 Å². The van der Waals surface area contributed by atoms with Crippen LogP contribution in [-0.4, -0.2) is 46.5 Å². The van der Waals surface area contributed by atoms with E-state index in [4.69, 9.17) is 16.6 Å². The number of rotatable bonds is 6. The normalized spacial score (nSPS) is 19.9. The Morgan fingerprint density at radius 2 is 2.00 bits per heavy atom. The van der Waals surface area contributed by atoms with Crippen molar-refractivity contribution in [1.29, 1.82) is 0 Å². The number of amides is 1. The number of aromatic nitrogens is 2. The molecule has 2 aliphatic rings. The van der Waals surface area contributed by atoms with Crippen LogP contribution in [0.2, 0.25) is 5.02 Å². The molecule has 3 heterocycles. The molecule has 6 heteroatoms. The van der Waals surface area contributed by atoms with Crippen LogP contribution in [0.5, 0.6) is 0 Å². The summed E-state index contributed by atoms with van der Waals surface area (Å²) in [7, 11) is 0. The van der Waals surface area contributed by atoms with Crippen molar-refractivity contribution in [3.05, 3.63) is 40.7 Å². The Bertz CT molecular complexity index is 861. The number of piperidine rings is 1. The number of fused-ring (bicyclic) bond motifs is 1. The third-order valence-corrected chi connectivity index (χ3v) is 6.62. The molecule has 1 unspecified atom stereocenters. The van der Waals surface area contributed by atoms with Crippen LogP contribution < -0.4 is 5.32 Å². The van der Waals surface area contributed by atoms with Gasteiger partial charge in [0.2, 0.25) is 0 Å². The number of benzene rings is 1. The highest BCUT2D eigenvalue weighted by atomic mass is 35.5. The Labute approximate surface area is 184 Å². The van der Waals surface area contributed by atoms with Crippen LogP contribution in [-0.2, 0) is 13.0 Å². The van der Waals surface area contributed by atoms with Gasteiger partial charge in [0.15, 0.2) is 0 Å². The van der Waals surface area contributed by atoms with E-state index < -0.39 is 0 Å². The van der Waals surface area contributed by atoms with E-state index in [1.165, 1.54) is 32.4 Å². The molecule has 0 bridgehead atoms. The zero-order chi connectivity index (χ0) is 20.9. The summed E-state index contributed by atoms with van der Waals surface area (Å²) in [6.07, 6.45) is 7.96. The van der Waals surface area contributed by atoms with Gasteiger partial charge in [-0.3, -0.25) is 4.79 Å². The highest BCUT2D eigenvalue weighted by molar-refractivity contribution is 6.30. The van der Waals surface area contributed by atoms with Crippen molar-refractivity contribution in [3.63, 3.8) is 0 Å². The fourth-order valence-corrected chi connectivity index (χ4v) is 4.93. The summed E-state index contributed by atoms with van der Waals surface area (Å²) in [5, 5.41) is 3.84. The van der Waals surface area contributed by atoms with Gasteiger partial charge >= 0.3 is 0 Å². The molecular weight excluding hydrogens is 396 g/mol. The third-order valence-electron chi connectivity index (χ3n) is 6.36. The second-order valence-corrected chi connectivity index (χ2v) is 9.29. The molecule has 1 saturated heterocycles. The Balaban J connectivity index is 1.43. The van der Waals surface area contributed by atoms with Crippen molar-refractivity contribution in [2.24, 2.45) is 5.92 Å². The van der Waals surface area contributed by atoms with Crippen LogP contribution in [0.25, 0.3) is 11.4 Å². The van der Waals surface area contributed by atoms with Gasteiger partial charge in [0.05, 0.1) is 5.69 Å². The molecule has 1 aromatic heterocycles. The monoisotopic (exact) mass is 428 g/mol. The van der Waals surface area contributed by atoms with Crippen LogP contribution in [0, 0.1) is 5.92 Å². The second-order valence-electron chi connectivity index (χ2n) is 8.86. The van der Waals surface area contributed by atoms with Crippen LogP contribution in [0.4, 0.5) is 0 Å². The van der Waals surface area contributed by atoms with E-state index >= 15 is 0 Å². The number of nitrogens with zero attached hydrogens (tertiary/aromatic N) is 3. The predicted octanol–water partition coefficient (Wildman–Crippen LogP) is 4.78. The van der Waals surface area contributed by atoms with Gasteiger partial charge in [-0.25, -0.2) is 4.98 Å². The minimum Gasteiger partial charge on any atom is -0.351 e. The van der Waals surface area contributed by atoms with E-state index in [1.54, 1.807) is 0 Å². The van der Waals surface area contributed by atoms with Crippen LogP contribution in [0.3, 0.4) is 0 Å². The maximum Gasteiger partial charge on any atom is 0.271 e. The standard InChI is InChI=1S/C24H33ClN4O/c1-18-7-5-14-28(17-18)15-6-13-26-24(30)22-21-8-3-2-4-16-29(21)23(27-22)19-9-11-20(25)12-10-19/h9-12,18H,2-8,13-17H2,1H3,(H,26,30). The Morgan fingerprint density at radius 1 is 1.17 bits per heavy atom. The summed E-state index contributed by atoms with van der Waals surface area (Å²) in [6.45, 7) is 7.38. The molecule has 4 rings (SSSR count). The fourth-order valence-electron chi connectivity index (χ4n) is 4.80. The summed E-state index contributed by atoms with van der Waals surface area (Å²) >= 11 is 6.06. The minimum atomic E-state index is -0.0344. The lowest BCUT2D eigenvalue weighted by molar-refractivity contribution is 0.0944. The molecule has 2 aromatic rings. The number of hydrogen-bond acceptors (Lipinski definition) is 3. The van der Waals surface area contributed by atoms with E-state index in [1.807, 2.05) is 24.3 Å². The number of nitrogens with one attached hydrogen (secondary N) is 1. The van der Waals surface area contributed by atoms with E-state index in [9.17, 15) is 4.79 Å². The van der Waals surface area contributed by atoms with Crippen LogP contribution >= 0.6 is 11.6 Å². The molecule has 1 amide bonds. The maximum absolute atomic E-state index is 13.0. The second kappa shape index (κ2) is 9.97. The third kappa shape index (κ3) is 5.06. The van der Waals surface area contributed by atoms with Gasteiger partial charge in [-0.1, -0.05) is 24.9 Å². The van der Waals surface area contributed by atoms with Crippen LogP contribution in [0.15, 0.2) is 24.3 Å². The highest BCUT2D eigenvalue weighted by Gasteiger charge is 2.24. The summed E-state index contributed by atoms with van der Waals surface area (Å²) in [6, 6.07) is 7.75. The first-order chi connectivity index (χ1) is 14.6. The Kier molecular flexibility index (Phi) is 7.11.